The number of benzene rings is 1. The van der Waals surface area contributed by atoms with Crippen molar-refractivity contribution in [3.63, 3.8) is 0 Å². The third kappa shape index (κ3) is 4.39. The molecule has 1 saturated heterocycles. The molecule has 2 aromatic rings. The highest BCUT2D eigenvalue weighted by Gasteiger charge is 2.30. The van der Waals surface area contributed by atoms with Crippen molar-refractivity contribution in [2.75, 3.05) is 31.0 Å². The van der Waals surface area contributed by atoms with E-state index < -0.39 is 10.2 Å². The van der Waals surface area contributed by atoms with Crippen LogP contribution in [0.3, 0.4) is 0 Å². The molecule has 5 rings (SSSR count). The largest absolute Gasteiger partial charge is 0.379 e. The van der Waals surface area contributed by atoms with E-state index in [0.717, 1.165) is 41.8 Å². The van der Waals surface area contributed by atoms with Gasteiger partial charge >= 0.3 is 10.2 Å². The Bertz CT molecular complexity index is 1130. The summed E-state index contributed by atoms with van der Waals surface area (Å²) in [6, 6.07) is 7.15. The summed E-state index contributed by atoms with van der Waals surface area (Å²) < 4.78 is 34.4. The number of hydrogen-bond donors (Lipinski definition) is 1. The first-order chi connectivity index (χ1) is 15.0. The molecule has 1 saturated carbocycles. The summed E-state index contributed by atoms with van der Waals surface area (Å²) in [5.74, 6) is 0.952. The number of carbonyl (C=O) groups is 1. The Hall–Kier alpha value is -2.62. The number of ketones is 1. The van der Waals surface area contributed by atoms with Gasteiger partial charge < -0.3 is 4.74 Å². The minimum absolute atomic E-state index is 0.178. The van der Waals surface area contributed by atoms with Crippen LogP contribution < -0.4 is 4.72 Å². The Balaban J connectivity index is 1.38. The van der Waals surface area contributed by atoms with Crippen molar-refractivity contribution in [3.8, 4) is 11.3 Å². The topological polar surface area (TPSA) is 101 Å². The molecule has 0 radical (unpaired) electrons. The van der Waals surface area contributed by atoms with Crippen LogP contribution in [-0.4, -0.2) is 54.8 Å². The van der Waals surface area contributed by atoms with Crippen molar-refractivity contribution < 1.29 is 17.9 Å². The molecule has 1 aromatic heterocycles. The van der Waals surface area contributed by atoms with E-state index in [1.807, 2.05) is 24.3 Å². The van der Waals surface area contributed by atoms with Crippen LogP contribution in [0.1, 0.15) is 29.9 Å². The lowest BCUT2D eigenvalue weighted by atomic mass is 10.0. The highest BCUT2D eigenvalue weighted by Crippen LogP contribution is 2.33. The number of morpholine rings is 1. The molecule has 0 spiro atoms. The second-order valence-electron chi connectivity index (χ2n) is 8.07. The first kappa shape index (κ1) is 20.3. The summed E-state index contributed by atoms with van der Waals surface area (Å²) in [5.41, 5.74) is 4.02. The zero-order valence-electron chi connectivity index (χ0n) is 17.1. The predicted molar refractivity (Wildman–Crippen MR) is 117 cm³/mol. The number of carbonyl (C=O) groups excluding carboxylic acids is 1. The van der Waals surface area contributed by atoms with Gasteiger partial charge in [0.1, 0.15) is 11.6 Å². The number of nitrogens with zero attached hydrogens (tertiary/aromatic N) is 3. The molecule has 9 heteroatoms. The Labute approximate surface area is 181 Å². The van der Waals surface area contributed by atoms with Gasteiger partial charge in [-0.3, -0.25) is 9.52 Å². The van der Waals surface area contributed by atoms with Crippen molar-refractivity contribution in [2.45, 2.75) is 25.7 Å². The second-order valence-corrected chi connectivity index (χ2v) is 9.74. The van der Waals surface area contributed by atoms with Gasteiger partial charge in [-0.25, -0.2) is 9.97 Å². The average molecular weight is 441 g/mol. The average Bonchev–Trinajstić information content (AvgIpc) is 3.52. The van der Waals surface area contributed by atoms with Gasteiger partial charge in [-0.2, -0.15) is 12.7 Å². The van der Waals surface area contributed by atoms with Gasteiger partial charge in [0, 0.05) is 42.2 Å². The Morgan fingerprint density at radius 2 is 1.87 bits per heavy atom. The summed E-state index contributed by atoms with van der Waals surface area (Å²) in [6.07, 6.45) is 6.99. The van der Waals surface area contributed by atoms with Crippen LogP contribution in [0.4, 0.5) is 5.69 Å². The van der Waals surface area contributed by atoms with E-state index in [0.29, 0.717) is 37.8 Å². The smallest absolute Gasteiger partial charge is 0.301 e. The third-order valence-corrected chi connectivity index (χ3v) is 7.29. The number of anilines is 1. The van der Waals surface area contributed by atoms with Gasteiger partial charge in [0.25, 0.3) is 0 Å². The van der Waals surface area contributed by atoms with Crippen LogP contribution in [0.25, 0.3) is 17.3 Å². The summed E-state index contributed by atoms with van der Waals surface area (Å²) in [6.45, 7) is 1.49. The highest BCUT2D eigenvalue weighted by molar-refractivity contribution is 7.90. The Morgan fingerprint density at radius 1 is 1.13 bits per heavy atom. The van der Waals surface area contributed by atoms with Crippen LogP contribution in [0.5, 0.6) is 0 Å². The number of rotatable bonds is 7. The van der Waals surface area contributed by atoms with E-state index in [-0.39, 0.29) is 18.1 Å². The molecule has 0 unspecified atom stereocenters. The quantitative estimate of drug-likeness (QED) is 0.708. The number of allylic oxidation sites excluding steroid dienone is 1. The van der Waals surface area contributed by atoms with Crippen molar-refractivity contribution in [2.24, 2.45) is 5.92 Å². The van der Waals surface area contributed by atoms with Crippen LogP contribution in [-0.2, 0) is 32.6 Å². The summed E-state index contributed by atoms with van der Waals surface area (Å²) >= 11 is 0. The van der Waals surface area contributed by atoms with Crippen molar-refractivity contribution in [3.05, 3.63) is 47.4 Å². The zero-order valence-corrected chi connectivity index (χ0v) is 17.9. The van der Waals surface area contributed by atoms with Crippen LogP contribution in [0.15, 0.2) is 30.3 Å². The van der Waals surface area contributed by atoms with E-state index in [1.54, 1.807) is 12.1 Å². The normalized spacial score (nSPS) is 18.7. The minimum Gasteiger partial charge on any atom is -0.379 e. The predicted octanol–water partition coefficient (Wildman–Crippen LogP) is 2.22. The number of fused-ring (bicyclic) bond motifs is 1. The van der Waals surface area contributed by atoms with Crippen molar-refractivity contribution in [1.82, 2.24) is 14.3 Å². The van der Waals surface area contributed by atoms with E-state index in [1.165, 1.54) is 4.31 Å². The number of nitrogens with one attached hydrogen (secondary N) is 1. The molecule has 31 heavy (non-hydrogen) atoms. The highest BCUT2D eigenvalue weighted by atomic mass is 32.2. The number of ether oxygens (including phenoxy) is 1. The zero-order chi connectivity index (χ0) is 21.4. The molecule has 2 heterocycles. The SMILES string of the molecule is O=C(Cc1nc2c(c(-c3ccc(NS(=O)(=O)N4CCOCC4)cc3)n1)C=CC2)C1CC1. The fraction of sp³-hybridized carbons (Fsp3) is 0.409. The lowest BCUT2D eigenvalue weighted by molar-refractivity contribution is -0.119. The van der Waals surface area contributed by atoms with Gasteiger partial charge in [-0.15, -0.1) is 0 Å². The standard InChI is InChI=1S/C22H24N4O4S/c27-20(15-4-5-15)14-21-23-19-3-1-2-18(19)22(24-21)16-6-8-17(9-7-16)25-31(28,29)26-10-12-30-13-11-26/h1-2,6-9,15,25H,3-5,10-14H2. The molecule has 2 aliphatic carbocycles. The van der Waals surface area contributed by atoms with Crippen LogP contribution in [0, 0.1) is 5.92 Å². The fourth-order valence-electron chi connectivity index (χ4n) is 3.89. The fourth-order valence-corrected chi connectivity index (χ4v) is 5.08. The summed E-state index contributed by atoms with van der Waals surface area (Å²) in [4.78, 5) is 21.6. The second kappa shape index (κ2) is 8.14. The Kier molecular flexibility index (Phi) is 5.33. The molecular formula is C22H24N4O4S. The van der Waals surface area contributed by atoms with Gasteiger partial charge in [0.2, 0.25) is 0 Å². The van der Waals surface area contributed by atoms with Gasteiger partial charge in [-0.05, 0) is 25.0 Å². The summed E-state index contributed by atoms with van der Waals surface area (Å²) in [5, 5.41) is 0. The molecule has 1 aliphatic heterocycles. The molecule has 2 fully saturated rings. The maximum Gasteiger partial charge on any atom is 0.301 e. The maximum atomic E-state index is 12.6. The van der Waals surface area contributed by atoms with Crippen LogP contribution in [0.2, 0.25) is 0 Å². The third-order valence-electron chi connectivity index (χ3n) is 5.75. The number of hydrogen-bond acceptors (Lipinski definition) is 6. The van der Waals surface area contributed by atoms with E-state index in [2.05, 4.69) is 9.71 Å². The molecule has 0 bridgehead atoms. The maximum absolute atomic E-state index is 12.6. The molecule has 0 atom stereocenters. The molecule has 0 amide bonds. The van der Waals surface area contributed by atoms with Crippen molar-refractivity contribution >= 4 is 27.8 Å². The van der Waals surface area contributed by atoms with E-state index in [9.17, 15) is 13.2 Å². The molecule has 1 aromatic carbocycles. The summed E-state index contributed by atoms with van der Waals surface area (Å²) in [7, 11) is -3.62. The van der Waals surface area contributed by atoms with Gasteiger partial charge in [-0.1, -0.05) is 24.3 Å². The van der Waals surface area contributed by atoms with Crippen LogP contribution >= 0.6 is 0 Å². The van der Waals surface area contributed by atoms with Gasteiger partial charge in [0.05, 0.1) is 31.0 Å². The Morgan fingerprint density at radius 3 is 2.58 bits per heavy atom. The monoisotopic (exact) mass is 440 g/mol. The minimum atomic E-state index is -3.62. The lowest BCUT2D eigenvalue weighted by Crippen LogP contribution is -2.43. The van der Waals surface area contributed by atoms with Gasteiger partial charge in [0.15, 0.2) is 0 Å². The molecule has 8 nitrogen and oxygen atoms in total. The van der Waals surface area contributed by atoms with E-state index in [4.69, 9.17) is 9.72 Å². The van der Waals surface area contributed by atoms with Crippen molar-refractivity contribution in [1.29, 1.82) is 0 Å². The molecular weight excluding hydrogens is 416 g/mol. The molecule has 162 valence electrons. The number of aromatic nitrogens is 2. The van der Waals surface area contributed by atoms with E-state index >= 15 is 0 Å². The first-order valence-electron chi connectivity index (χ1n) is 10.5. The lowest BCUT2D eigenvalue weighted by Gasteiger charge is -2.26. The first-order valence-corrected chi connectivity index (χ1v) is 12.0. The molecule has 3 aliphatic rings. The number of Topliss-reactive ketones (excluding diaryl/α,β-unsaturated/α-hetero) is 1. The molecule has 1 N–H and O–H groups in total.